The van der Waals surface area contributed by atoms with E-state index in [-0.39, 0.29) is 17.9 Å². The summed E-state index contributed by atoms with van der Waals surface area (Å²) in [5.74, 6) is 0.102. The average Bonchev–Trinajstić information content (AvgIpc) is 2.48. The van der Waals surface area contributed by atoms with E-state index in [1.807, 2.05) is 11.8 Å². The third-order valence-electron chi connectivity index (χ3n) is 3.38. The fourth-order valence-corrected chi connectivity index (χ4v) is 2.23. The van der Waals surface area contributed by atoms with Gasteiger partial charge in [0.2, 0.25) is 5.91 Å². The van der Waals surface area contributed by atoms with Crippen molar-refractivity contribution in [2.24, 2.45) is 0 Å². The first kappa shape index (κ1) is 13.5. The molecule has 2 heterocycles. The van der Waals surface area contributed by atoms with Crippen molar-refractivity contribution in [2.75, 3.05) is 13.1 Å². The molecule has 0 radical (unpaired) electrons. The van der Waals surface area contributed by atoms with Crippen molar-refractivity contribution in [3.63, 3.8) is 0 Å². The highest BCUT2D eigenvalue weighted by molar-refractivity contribution is 5.93. The van der Waals surface area contributed by atoms with Crippen LogP contribution in [-0.2, 0) is 4.79 Å². The number of hydrogen-bond donors (Lipinski definition) is 1. The maximum Gasteiger partial charge on any atom is 0.255 e. The van der Waals surface area contributed by atoms with Crippen molar-refractivity contribution in [1.29, 1.82) is 0 Å². The second-order valence-corrected chi connectivity index (χ2v) is 4.73. The van der Waals surface area contributed by atoms with E-state index in [9.17, 15) is 9.59 Å². The number of piperidine rings is 1. The van der Waals surface area contributed by atoms with Gasteiger partial charge in [0.25, 0.3) is 5.91 Å². The van der Waals surface area contributed by atoms with Gasteiger partial charge in [-0.25, -0.2) is 0 Å². The molecule has 5 heteroatoms. The van der Waals surface area contributed by atoms with Gasteiger partial charge in [-0.3, -0.25) is 14.6 Å². The Morgan fingerprint density at radius 3 is 2.74 bits per heavy atom. The van der Waals surface area contributed by atoms with Gasteiger partial charge in [-0.15, -0.1) is 0 Å². The lowest BCUT2D eigenvalue weighted by atomic mass is 10.0. The second kappa shape index (κ2) is 6.31. The summed E-state index contributed by atoms with van der Waals surface area (Å²) in [4.78, 5) is 29.3. The first-order valence-corrected chi connectivity index (χ1v) is 6.69. The highest BCUT2D eigenvalue weighted by atomic mass is 16.2. The van der Waals surface area contributed by atoms with Crippen LogP contribution < -0.4 is 5.32 Å². The Balaban J connectivity index is 1.86. The number of rotatable bonds is 3. The number of nitrogens with one attached hydrogen (secondary N) is 1. The van der Waals surface area contributed by atoms with Crippen LogP contribution in [0, 0.1) is 0 Å². The molecule has 1 aliphatic heterocycles. The van der Waals surface area contributed by atoms with Crippen molar-refractivity contribution in [3.8, 4) is 0 Å². The van der Waals surface area contributed by atoms with Gasteiger partial charge in [0.05, 0.1) is 5.56 Å². The topological polar surface area (TPSA) is 62.3 Å². The van der Waals surface area contributed by atoms with E-state index in [1.165, 1.54) is 0 Å². The Hall–Kier alpha value is -1.91. The van der Waals surface area contributed by atoms with Crippen LogP contribution in [0.3, 0.4) is 0 Å². The Morgan fingerprint density at radius 2 is 2.16 bits per heavy atom. The quantitative estimate of drug-likeness (QED) is 0.889. The normalized spacial score (nSPS) is 16.2. The standard InChI is InChI=1S/C14H19N3O2/c1-2-13(18)16-12-5-8-17(9-6-12)14(19)11-4-3-7-15-10-11/h3-4,7,10,12H,2,5-6,8-9H2,1H3,(H,16,18). The molecule has 102 valence electrons. The van der Waals surface area contributed by atoms with Crippen LogP contribution in [0.25, 0.3) is 0 Å². The third-order valence-corrected chi connectivity index (χ3v) is 3.38. The minimum Gasteiger partial charge on any atom is -0.353 e. The molecule has 0 aromatic carbocycles. The summed E-state index contributed by atoms with van der Waals surface area (Å²) in [7, 11) is 0. The smallest absolute Gasteiger partial charge is 0.255 e. The number of likely N-dealkylation sites (tertiary alicyclic amines) is 1. The number of aromatic nitrogens is 1. The van der Waals surface area contributed by atoms with Gasteiger partial charge in [0, 0.05) is 37.9 Å². The van der Waals surface area contributed by atoms with Crippen LogP contribution in [0.4, 0.5) is 0 Å². The predicted molar refractivity (Wildman–Crippen MR) is 71.6 cm³/mol. The summed E-state index contributed by atoms with van der Waals surface area (Å²) in [5, 5.41) is 2.98. The molecule has 1 aromatic heterocycles. The molecule has 2 amide bonds. The summed E-state index contributed by atoms with van der Waals surface area (Å²) in [5.41, 5.74) is 0.624. The molecule has 1 N–H and O–H groups in total. The lowest BCUT2D eigenvalue weighted by Crippen LogP contribution is -2.46. The Bertz CT molecular complexity index is 439. The van der Waals surface area contributed by atoms with Gasteiger partial charge in [0.1, 0.15) is 0 Å². The molecule has 0 unspecified atom stereocenters. The van der Waals surface area contributed by atoms with Crippen molar-refractivity contribution >= 4 is 11.8 Å². The zero-order valence-electron chi connectivity index (χ0n) is 11.1. The maximum atomic E-state index is 12.2. The minimum absolute atomic E-state index is 0.0216. The summed E-state index contributed by atoms with van der Waals surface area (Å²) in [6, 6.07) is 3.74. The van der Waals surface area contributed by atoms with E-state index >= 15 is 0 Å². The summed E-state index contributed by atoms with van der Waals surface area (Å²) >= 11 is 0. The number of pyridine rings is 1. The zero-order chi connectivity index (χ0) is 13.7. The predicted octanol–water partition coefficient (Wildman–Crippen LogP) is 1.21. The number of carbonyl (C=O) groups is 2. The van der Waals surface area contributed by atoms with Gasteiger partial charge in [-0.05, 0) is 25.0 Å². The lowest BCUT2D eigenvalue weighted by Gasteiger charge is -2.32. The average molecular weight is 261 g/mol. The first-order valence-electron chi connectivity index (χ1n) is 6.69. The highest BCUT2D eigenvalue weighted by Crippen LogP contribution is 2.13. The summed E-state index contributed by atoms with van der Waals surface area (Å²) in [6.45, 7) is 3.21. The van der Waals surface area contributed by atoms with E-state index in [1.54, 1.807) is 24.5 Å². The van der Waals surface area contributed by atoms with Crippen LogP contribution in [0.2, 0.25) is 0 Å². The van der Waals surface area contributed by atoms with Crippen molar-refractivity contribution in [1.82, 2.24) is 15.2 Å². The van der Waals surface area contributed by atoms with Crippen LogP contribution in [0.5, 0.6) is 0 Å². The van der Waals surface area contributed by atoms with E-state index in [4.69, 9.17) is 0 Å². The molecule has 1 aliphatic rings. The number of nitrogens with zero attached hydrogens (tertiary/aromatic N) is 2. The Morgan fingerprint density at radius 1 is 1.42 bits per heavy atom. The molecule has 0 bridgehead atoms. The van der Waals surface area contributed by atoms with E-state index < -0.39 is 0 Å². The SMILES string of the molecule is CCC(=O)NC1CCN(C(=O)c2cccnc2)CC1. The fraction of sp³-hybridized carbons (Fsp3) is 0.500. The van der Waals surface area contributed by atoms with Gasteiger partial charge in [0.15, 0.2) is 0 Å². The molecule has 2 rings (SSSR count). The molecule has 0 spiro atoms. The number of hydrogen-bond acceptors (Lipinski definition) is 3. The van der Waals surface area contributed by atoms with Gasteiger partial charge < -0.3 is 10.2 Å². The van der Waals surface area contributed by atoms with E-state index in [0.29, 0.717) is 25.1 Å². The molecule has 1 aromatic rings. The van der Waals surface area contributed by atoms with Crippen LogP contribution in [0.15, 0.2) is 24.5 Å². The largest absolute Gasteiger partial charge is 0.353 e. The second-order valence-electron chi connectivity index (χ2n) is 4.73. The van der Waals surface area contributed by atoms with Crippen LogP contribution in [-0.4, -0.2) is 40.8 Å². The van der Waals surface area contributed by atoms with Crippen molar-refractivity contribution < 1.29 is 9.59 Å². The molecule has 1 saturated heterocycles. The zero-order valence-corrected chi connectivity index (χ0v) is 11.1. The Labute approximate surface area is 113 Å². The van der Waals surface area contributed by atoms with Gasteiger partial charge in [-0.2, -0.15) is 0 Å². The summed E-state index contributed by atoms with van der Waals surface area (Å²) in [6.07, 6.45) is 5.39. The molecule has 1 fully saturated rings. The maximum absolute atomic E-state index is 12.2. The summed E-state index contributed by atoms with van der Waals surface area (Å²) < 4.78 is 0. The minimum atomic E-state index is 0.0216. The lowest BCUT2D eigenvalue weighted by molar-refractivity contribution is -0.121. The molecule has 19 heavy (non-hydrogen) atoms. The fourth-order valence-electron chi connectivity index (χ4n) is 2.23. The Kier molecular flexibility index (Phi) is 4.49. The van der Waals surface area contributed by atoms with Gasteiger partial charge >= 0.3 is 0 Å². The molecule has 0 saturated carbocycles. The van der Waals surface area contributed by atoms with Crippen LogP contribution >= 0.6 is 0 Å². The molecular weight excluding hydrogens is 242 g/mol. The van der Waals surface area contributed by atoms with Crippen molar-refractivity contribution in [2.45, 2.75) is 32.2 Å². The van der Waals surface area contributed by atoms with E-state index in [0.717, 1.165) is 12.8 Å². The van der Waals surface area contributed by atoms with Crippen LogP contribution in [0.1, 0.15) is 36.5 Å². The van der Waals surface area contributed by atoms with Gasteiger partial charge in [-0.1, -0.05) is 6.92 Å². The third kappa shape index (κ3) is 3.53. The molecule has 0 aliphatic carbocycles. The molecular formula is C14H19N3O2. The number of amides is 2. The number of carbonyl (C=O) groups excluding carboxylic acids is 2. The van der Waals surface area contributed by atoms with Crippen molar-refractivity contribution in [3.05, 3.63) is 30.1 Å². The monoisotopic (exact) mass is 261 g/mol. The first-order chi connectivity index (χ1) is 9.20. The highest BCUT2D eigenvalue weighted by Gasteiger charge is 2.24. The van der Waals surface area contributed by atoms with E-state index in [2.05, 4.69) is 10.3 Å². The molecule has 0 atom stereocenters. The molecule has 5 nitrogen and oxygen atoms in total.